The van der Waals surface area contributed by atoms with Gasteiger partial charge in [-0.25, -0.2) is 0 Å². The van der Waals surface area contributed by atoms with Crippen molar-refractivity contribution in [2.45, 2.75) is 32.2 Å². The first-order chi connectivity index (χ1) is 10.7. The van der Waals surface area contributed by atoms with Crippen LogP contribution in [0.2, 0.25) is 5.02 Å². The Hall–Kier alpha value is -1.55. The van der Waals surface area contributed by atoms with E-state index in [1.54, 1.807) is 0 Å². The van der Waals surface area contributed by atoms with Crippen LogP contribution in [0.4, 0.5) is 0 Å². The molecule has 2 aliphatic rings. The van der Waals surface area contributed by atoms with Gasteiger partial charge in [0.2, 0.25) is 11.8 Å². The number of carbonyl (C=O) groups is 2. The van der Waals surface area contributed by atoms with Crippen molar-refractivity contribution in [1.29, 1.82) is 0 Å². The molecule has 2 amide bonds. The van der Waals surface area contributed by atoms with Gasteiger partial charge in [0.05, 0.1) is 11.8 Å². The average molecular weight is 321 g/mol. The predicted octanol–water partition coefficient (Wildman–Crippen LogP) is 2.60. The maximum absolute atomic E-state index is 12.3. The van der Waals surface area contributed by atoms with Crippen LogP contribution in [0.5, 0.6) is 0 Å². The Labute approximate surface area is 135 Å². The Morgan fingerprint density at radius 2 is 1.86 bits per heavy atom. The summed E-state index contributed by atoms with van der Waals surface area (Å²) in [5, 5.41) is 3.55. The molecule has 22 heavy (non-hydrogen) atoms. The fourth-order valence-electron chi connectivity index (χ4n) is 3.06. The van der Waals surface area contributed by atoms with Gasteiger partial charge in [-0.1, -0.05) is 29.8 Å². The van der Waals surface area contributed by atoms with Crippen LogP contribution >= 0.6 is 11.6 Å². The first-order valence-electron chi connectivity index (χ1n) is 7.96. The summed E-state index contributed by atoms with van der Waals surface area (Å²) >= 11 is 6.07. The second-order valence-corrected chi connectivity index (χ2v) is 6.55. The van der Waals surface area contributed by atoms with Crippen LogP contribution in [0.25, 0.3) is 0 Å². The van der Waals surface area contributed by atoms with Crippen molar-refractivity contribution in [3.63, 3.8) is 0 Å². The molecule has 1 saturated carbocycles. The standard InChI is InChI=1S/C17H21ClN2O2/c18-15-7-3-2-6-12(15)11-19-16(21)13-10-14(13)17(22)20-8-4-1-5-9-20/h2-3,6-7,13-14H,1,4-5,8-11H2,(H,19,21). The number of hydrogen-bond acceptors (Lipinski definition) is 2. The summed E-state index contributed by atoms with van der Waals surface area (Å²) in [6, 6.07) is 7.46. The Morgan fingerprint density at radius 3 is 2.59 bits per heavy atom. The van der Waals surface area contributed by atoms with E-state index in [4.69, 9.17) is 11.6 Å². The number of amides is 2. The van der Waals surface area contributed by atoms with Crippen molar-refractivity contribution in [3.8, 4) is 0 Å². The molecule has 1 heterocycles. The smallest absolute Gasteiger partial charge is 0.226 e. The predicted molar refractivity (Wildman–Crippen MR) is 85.3 cm³/mol. The van der Waals surface area contributed by atoms with Crippen LogP contribution in [0.3, 0.4) is 0 Å². The number of hydrogen-bond donors (Lipinski definition) is 1. The molecule has 0 spiro atoms. The highest BCUT2D eigenvalue weighted by molar-refractivity contribution is 6.31. The van der Waals surface area contributed by atoms with Crippen molar-refractivity contribution in [3.05, 3.63) is 34.9 Å². The Kier molecular flexibility index (Phi) is 4.67. The second-order valence-electron chi connectivity index (χ2n) is 6.14. The minimum Gasteiger partial charge on any atom is -0.352 e. The Bertz CT molecular complexity index is 570. The van der Waals surface area contributed by atoms with Gasteiger partial charge in [-0.3, -0.25) is 9.59 Å². The van der Waals surface area contributed by atoms with Gasteiger partial charge in [-0.2, -0.15) is 0 Å². The molecule has 4 nitrogen and oxygen atoms in total. The van der Waals surface area contributed by atoms with Gasteiger partial charge in [0.25, 0.3) is 0 Å². The molecule has 3 rings (SSSR count). The third kappa shape index (κ3) is 3.43. The van der Waals surface area contributed by atoms with Gasteiger partial charge in [0, 0.05) is 24.7 Å². The third-order valence-corrected chi connectivity index (χ3v) is 4.89. The largest absolute Gasteiger partial charge is 0.352 e. The van der Waals surface area contributed by atoms with Crippen LogP contribution in [0.1, 0.15) is 31.2 Å². The van der Waals surface area contributed by atoms with Gasteiger partial charge >= 0.3 is 0 Å². The summed E-state index contributed by atoms with van der Waals surface area (Å²) in [5.41, 5.74) is 0.900. The molecule has 118 valence electrons. The molecule has 0 radical (unpaired) electrons. The lowest BCUT2D eigenvalue weighted by Gasteiger charge is -2.26. The number of nitrogens with zero attached hydrogens (tertiary/aromatic N) is 1. The first kappa shape index (κ1) is 15.3. The average Bonchev–Trinajstić information content (AvgIpc) is 3.35. The number of likely N-dealkylation sites (tertiary alicyclic amines) is 1. The molecule has 0 bridgehead atoms. The topological polar surface area (TPSA) is 49.4 Å². The van der Waals surface area contributed by atoms with E-state index in [1.165, 1.54) is 6.42 Å². The molecule has 0 aromatic heterocycles. The fraction of sp³-hybridized carbons (Fsp3) is 0.529. The van der Waals surface area contributed by atoms with Crippen molar-refractivity contribution in [2.24, 2.45) is 11.8 Å². The summed E-state index contributed by atoms with van der Waals surface area (Å²) in [6.45, 7) is 2.12. The minimum atomic E-state index is -0.156. The van der Waals surface area contributed by atoms with Crippen LogP contribution in [0, 0.1) is 11.8 Å². The second kappa shape index (κ2) is 6.69. The molecule has 5 heteroatoms. The number of piperidine rings is 1. The molecule has 1 N–H and O–H groups in total. The van der Waals surface area contributed by atoms with Gasteiger partial charge in [0.15, 0.2) is 0 Å². The molecule has 1 aliphatic heterocycles. The molecule has 2 unspecified atom stereocenters. The van der Waals surface area contributed by atoms with E-state index in [0.717, 1.165) is 31.5 Å². The number of halogens is 1. The van der Waals surface area contributed by atoms with Gasteiger partial charge < -0.3 is 10.2 Å². The van der Waals surface area contributed by atoms with E-state index < -0.39 is 0 Å². The zero-order chi connectivity index (χ0) is 15.5. The lowest BCUT2D eigenvalue weighted by atomic mass is 10.1. The highest BCUT2D eigenvalue weighted by Crippen LogP contribution is 2.40. The SMILES string of the molecule is O=C(NCc1ccccc1Cl)C1CC1C(=O)N1CCCCC1. The van der Waals surface area contributed by atoms with Crippen molar-refractivity contribution < 1.29 is 9.59 Å². The normalized spacial score (nSPS) is 24.0. The number of benzene rings is 1. The van der Waals surface area contributed by atoms with Gasteiger partial charge in [-0.05, 0) is 37.3 Å². The summed E-state index contributed by atoms with van der Waals surface area (Å²) in [7, 11) is 0. The van der Waals surface area contributed by atoms with E-state index in [2.05, 4.69) is 5.32 Å². The monoisotopic (exact) mass is 320 g/mol. The first-order valence-corrected chi connectivity index (χ1v) is 8.34. The zero-order valence-electron chi connectivity index (χ0n) is 12.6. The van der Waals surface area contributed by atoms with Gasteiger partial charge in [0.1, 0.15) is 0 Å². The molecule has 2 fully saturated rings. The van der Waals surface area contributed by atoms with Crippen LogP contribution < -0.4 is 5.32 Å². The Balaban J connectivity index is 1.48. The van der Waals surface area contributed by atoms with Crippen molar-refractivity contribution in [2.75, 3.05) is 13.1 Å². The maximum atomic E-state index is 12.3. The molecule has 1 saturated heterocycles. The molecular weight excluding hydrogens is 300 g/mol. The van der Waals surface area contributed by atoms with Crippen LogP contribution in [-0.4, -0.2) is 29.8 Å². The van der Waals surface area contributed by atoms with E-state index in [1.807, 2.05) is 29.2 Å². The highest BCUT2D eigenvalue weighted by atomic mass is 35.5. The summed E-state index contributed by atoms with van der Waals surface area (Å²) in [4.78, 5) is 26.4. The van der Waals surface area contributed by atoms with Crippen LogP contribution in [0.15, 0.2) is 24.3 Å². The van der Waals surface area contributed by atoms with E-state index in [0.29, 0.717) is 18.0 Å². The van der Waals surface area contributed by atoms with Crippen molar-refractivity contribution >= 4 is 23.4 Å². The lowest BCUT2D eigenvalue weighted by molar-refractivity contribution is -0.135. The molecule has 1 aromatic rings. The summed E-state index contributed by atoms with van der Waals surface area (Å²) in [6.07, 6.45) is 4.06. The number of rotatable bonds is 4. The molecule has 2 atom stereocenters. The summed E-state index contributed by atoms with van der Waals surface area (Å²) in [5.74, 6) is -0.130. The summed E-state index contributed by atoms with van der Waals surface area (Å²) < 4.78 is 0. The minimum absolute atomic E-state index is 0.0321. The highest BCUT2D eigenvalue weighted by Gasteiger charge is 2.49. The third-order valence-electron chi connectivity index (χ3n) is 4.52. The lowest BCUT2D eigenvalue weighted by Crippen LogP contribution is -2.37. The van der Waals surface area contributed by atoms with E-state index >= 15 is 0 Å². The van der Waals surface area contributed by atoms with E-state index in [9.17, 15) is 9.59 Å². The molecule has 1 aliphatic carbocycles. The van der Waals surface area contributed by atoms with Gasteiger partial charge in [-0.15, -0.1) is 0 Å². The number of carbonyl (C=O) groups excluding carboxylic acids is 2. The van der Waals surface area contributed by atoms with E-state index in [-0.39, 0.29) is 23.7 Å². The number of nitrogens with one attached hydrogen (secondary N) is 1. The molecule has 1 aromatic carbocycles. The zero-order valence-corrected chi connectivity index (χ0v) is 13.3. The van der Waals surface area contributed by atoms with Crippen molar-refractivity contribution in [1.82, 2.24) is 10.2 Å². The fourth-order valence-corrected chi connectivity index (χ4v) is 3.26. The quantitative estimate of drug-likeness (QED) is 0.927. The maximum Gasteiger partial charge on any atom is 0.226 e. The van der Waals surface area contributed by atoms with Crippen LogP contribution in [-0.2, 0) is 16.1 Å². The Morgan fingerprint density at radius 1 is 1.14 bits per heavy atom. The molecular formula is C17H21ClN2O2.